The molecule has 0 unspecified atom stereocenters. The summed E-state index contributed by atoms with van der Waals surface area (Å²) in [7, 11) is 8.51. The number of likely N-dealkylation sites (N-methyl/N-ethyl adjacent to an activating group) is 1. The molecule has 0 aromatic carbocycles. The summed E-state index contributed by atoms with van der Waals surface area (Å²) in [6, 6.07) is 4.58. The predicted octanol–water partition coefficient (Wildman–Crippen LogP) is 2.62. The van der Waals surface area contributed by atoms with Crippen molar-refractivity contribution in [3.05, 3.63) is 22.4 Å². The normalized spacial score (nSPS) is 35.4. The molecule has 2 heterocycles. The fourth-order valence-corrected chi connectivity index (χ4v) is 5.24. The van der Waals surface area contributed by atoms with E-state index in [-0.39, 0.29) is 17.1 Å². The fourth-order valence-electron chi connectivity index (χ4n) is 4.17. The third-order valence-electron chi connectivity index (χ3n) is 6.11. The Kier molecular flexibility index (Phi) is 3.43. The van der Waals surface area contributed by atoms with E-state index >= 15 is 0 Å². The summed E-state index contributed by atoms with van der Waals surface area (Å²) in [6.45, 7) is 0.826. The van der Waals surface area contributed by atoms with Crippen molar-refractivity contribution >= 4 is 17.4 Å². The quantitative estimate of drug-likeness (QED) is 0.852. The van der Waals surface area contributed by atoms with Crippen LogP contribution in [-0.4, -0.2) is 55.7 Å². The maximum Gasteiger partial charge on any atom is 0.416 e. The van der Waals surface area contributed by atoms with Crippen molar-refractivity contribution in [1.29, 1.82) is 0 Å². The summed E-state index contributed by atoms with van der Waals surface area (Å²) in [6.07, 6.45) is 4.43. The summed E-state index contributed by atoms with van der Waals surface area (Å²) in [5, 5.41) is 5.26. The molecule has 2 fully saturated rings. The van der Waals surface area contributed by atoms with Crippen molar-refractivity contribution in [1.82, 2.24) is 10.2 Å². The minimum atomic E-state index is 0.0772. The Bertz CT molecular complexity index is 528. The third-order valence-corrected chi connectivity index (χ3v) is 7.17. The summed E-state index contributed by atoms with van der Waals surface area (Å²) >= 11 is 1.86. The van der Waals surface area contributed by atoms with E-state index in [4.69, 9.17) is 0 Å². The van der Waals surface area contributed by atoms with E-state index in [0.29, 0.717) is 4.48 Å². The summed E-state index contributed by atoms with van der Waals surface area (Å²) in [5.74, 6) is 0. The van der Waals surface area contributed by atoms with E-state index in [1.807, 2.05) is 11.3 Å². The van der Waals surface area contributed by atoms with E-state index < -0.39 is 0 Å². The number of nitrogens with zero attached hydrogens (tertiary/aromatic N) is 2. The molecule has 4 nitrogen and oxygen atoms in total. The van der Waals surface area contributed by atoms with E-state index in [1.54, 1.807) is 0 Å². The molecule has 2 aliphatic rings. The molecular formula is C16H26N3OS+. The third kappa shape index (κ3) is 1.98. The first-order valence-corrected chi connectivity index (χ1v) is 8.56. The number of carbonyl (C=O) groups is 1. The Morgan fingerprint density at radius 3 is 2.33 bits per heavy atom. The molecule has 21 heavy (non-hydrogen) atoms. The number of urea groups is 1. The first kappa shape index (κ1) is 15.0. The molecular weight excluding hydrogens is 282 g/mol. The highest BCUT2D eigenvalue weighted by Crippen LogP contribution is 2.49. The van der Waals surface area contributed by atoms with Gasteiger partial charge in [0, 0.05) is 17.7 Å². The Morgan fingerprint density at radius 2 is 1.90 bits per heavy atom. The molecule has 1 aromatic heterocycles. The number of hydrogen-bond acceptors (Lipinski definition) is 3. The minimum absolute atomic E-state index is 0.0772. The van der Waals surface area contributed by atoms with Crippen LogP contribution >= 0.6 is 11.3 Å². The first-order chi connectivity index (χ1) is 9.84. The molecule has 2 amide bonds. The predicted molar refractivity (Wildman–Crippen MR) is 86.4 cm³/mol. The Balaban J connectivity index is 1.88. The topological polar surface area (TPSA) is 32.3 Å². The molecule has 1 spiro atoms. The van der Waals surface area contributed by atoms with Gasteiger partial charge in [0.2, 0.25) is 0 Å². The van der Waals surface area contributed by atoms with Gasteiger partial charge in [-0.15, -0.1) is 11.3 Å². The van der Waals surface area contributed by atoms with Crippen molar-refractivity contribution in [2.24, 2.45) is 0 Å². The van der Waals surface area contributed by atoms with Gasteiger partial charge in [0.25, 0.3) is 0 Å². The van der Waals surface area contributed by atoms with Crippen LogP contribution in [-0.2, 0) is 5.54 Å². The van der Waals surface area contributed by atoms with Crippen molar-refractivity contribution in [3.8, 4) is 0 Å². The van der Waals surface area contributed by atoms with Gasteiger partial charge < -0.3 is 0 Å². The van der Waals surface area contributed by atoms with Crippen LogP contribution < -0.4 is 5.32 Å². The standard InChI is InChI=1S/C16H25N3OS/c1-18(2)16(13-6-5-11-21-13)9-7-15(8-10-16)12-17-14(20)19(15,3)4/h5-6,11H,7-10,12H2,1-4H3/p+1/t15-,16+. The molecule has 0 bridgehead atoms. The average Bonchev–Trinajstić information content (AvgIpc) is 3.05. The Labute approximate surface area is 131 Å². The minimum Gasteiger partial charge on any atom is -0.299 e. The summed E-state index contributed by atoms with van der Waals surface area (Å²) in [5.41, 5.74) is 0.221. The zero-order chi connectivity index (χ0) is 15.3. The van der Waals surface area contributed by atoms with Crippen LogP contribution in [0.4, 0.5) is 4.79 Å². The number of thiophene rings is 1. The fraction of sp³-hybridized carbons (Fsp3) is 0.688. The lowest BCUT2D eigenvalue weighted by molar-refractivity contribution is -0.857. The van der Waals surface area contributed by atoms with E-state index in [9.17, 15) is 4.79 Å². The highest BCUT2D eigenvalue weighted by Gasteiger charge is 2.59. The highest BCUT2D eigenvalue weighted by molar-refractivity contribution is 7.10. The molecule has 1 N–H and O–H groups in total. The summed E-state index contributed by atoms with van der Waals surface area (Å²) in [4.78, 5) is 16.0. The van der Waals surface area contributed by atoms with Crippen LogP contribution in [0, 0.1) is 0 Å². The van der Waals surface area contributed by atoms with Crippen molar-refractivity contribution in [2.45, 2.75) is 36.8 Å². The van der Waals surface area contributed by atoms with Crippen LogP contribution in [0.5, 0.6) is 0 Å². The van der Waals surface area contributed by atoms with Gasteiger partial charge in [-0.2, -0.15) is 0 Å². The van der Waals surface area contributed by atoms with Crippen molar-refractivity contribution < 1.29 is 9.28 Å². The monoisotopic (exact) mass is 308 g/mol. The lowest BCUT2D eigenvalue weighted by atomic mass is 9.70. The number of hydrogen-bond donors (Lipinski definition) is 1. The second-order valence-electron chi connectivity index (χ2n) is 7.24. The van der Waals surface area contributed by atoms with Crippen LogP contribution in [0.15, 0.2) is 17.5 Å². The SMILES string of the molecule is CN(C)[C@]1(c2cccs2)CC[C@]2(CC1)CNC(=O)[N+]2(C)C. The average molecular weight is 308 g/mol. The maximum atomic E-state index is 12.1. The molecule has 1 aliphatic carbocycles. The zero-order valence-electron chi connectivity index (χ0n) is 13.5. The largest absolute Gasteiger partial charge is 0.416 e. The lowest BCUT2D eigenvalue weighted by Gasteiger charge is -2.50. The van der Waals surface area contributed by atoms with E-state index in [1.165, 1.54) is 4.88 Å². The Morgan fingerprint density at radius 1 is 1.24 bits per heavy atom. The molecule has 5 heteroatoms. The smallest absolute Gasteiger partial charge is 0.299 e. The number of carbonyl (C=O) groups excluding carboxylic acids is 1. The lowest BCUT2D eigenvalue weighted by Crippen LogP contribution is -2.62. The van der Waals surface area contributed by atoms with Gasteiger partial charge in [-0.05, 0) is 38.4 Å². The van der Waals surface area contributed by atoms with Gasteiger partial charge >= 0.3 is 6.03 Å². The highest BCUT2D eigenvalue weighted by atomic mass is 32.1. The van der Waals surface area contributed by atoms with Gasteiger partial charge in [-0.3, -0.25) is 10.2 Å². The summed E-state index contributed by atoms with van der Waals surface area (Å²) < 4.78 is 0.487. The van der Waals surface area contributed by atoms with Crippen molar-refractivity contribution in [3.63, 3.8) is 0 Å². The van der Waals surface area contributed by atoms with Gasteiger partial charge in [-0.25, -0.2) is 9.28 Å². The number of nitrogens with one attached hydrogen (secondary N) is 1. The van der Waals surface area contributed by atoms with Crippen LogP contribution in [0.25, 0.3) is 0 Å². The molecule has 3 rings (SSSR count). The van der Waals surface area contributed by atoms with Crippen molar-refractivity contribution in [2.75, 3.05) is 34.7 Å². The van der Waals surface area contributed by atoms with Crippen LogP contribution in [0.2, 0.25) is 0 Å². The second kappa shape index (κ2) is 4.80. The van der Waals surface area contributed by atoms with Gasteiger partial charge in [0.15, 0.2) is 0 Å². The molecule has 1 saturated carbocycles. The number of rotatable bonds is 2. The van der Waals surface area contributed by atoms with Crippen LogP contribution in [0.3, 0.4) is 0 Å². The maximum absolute atomic E-state index is 12.1. The molecule has 1 saturated heterocycles. The molecule has 0 atom stereocenters. The zero-order valence-corrected chi connectivity index (χ0v) is 14.3. The van der Waals surface area contributed by atoms with Crippen LogP contribution in [0.1, 0.15) is 30.6 Å². The number of amides is 2. The molecule has 0 radical (unpaired) electrons. The second-order valence-corrected chi connectivity index (χ2v) is 8.19. The van der Waals surface area contributed by atoms with Gasteiger partial charge in [0.05, 0.1) is 26.2 Å². The van der Waals surface area contributed by atoms with E-state index in [0.717, 1.165) is 32.2 Å². The number of quaternary nitrogens is 1. The molecule has 1 aliphatic heterocycles. The Hall–Kier alpha value is -0.910. The molecule has 1 aromatic rings. The van der Waals surface area contributed by atoms with Gasteiger partial charge in [0.1, 0.15) is 5.54 Å². The molecule has 116 valence electrons. The first-order valence-electron chi connectivity index (χ1n) is 7.68. The van der Waals surface area contributed by atoms with E-state index in [2.05, 4.69) is 55.9 Å². The van der Waals surface area contributed by atoms with Gasteiger partial charge in [-0.1, -0.05) is 6.07 Å².